The Balaban J connectivity index is 1.49. The standard InChI is InChI=1S/C29H35F3N4O/c1-18(9-12-37-3)36-19(2)13-23-22-7-4-5-8-26(22)34-28(23)29(36)27-24(31)14-20(15-25(27)32)33-21-16-35(17-21)11-6-10-30/h4-5,7-8,14-15,19,21,29,33-34H,1,6,9-13,16-17H2,2-3H3/t19-,29-/m0/s1. The van der Waals surface area contributed by atoms with Gasteiger partial charge >= 0.3 is 0 Å². The number of hydrogen-bond acceptors (Lipinski definition) is 4. The molecule has 3 aromatic rings. The summed E-state index contributed by atoms with van der Waals surface area (Å²) in [6.07, 6.45) is 1.81. The van der Waals surface area contributed by atoms with Gasteiger partial charge in [-0.3, -0.25) is 9.29 Å². The van der Waals surface area contributed by atoms with Crippen molar-refractivity contribution in [3.05, 3.63) is 77.1 Å². The summed E-state index contributed by atoms with van der Waals surface area (Å²) in [6, 6.07) is 10.2. The van der Waals surface area contributed by atoms with Crippen molar-refractivity contribution in [2.24, 2.45) is 0 Å². The predicted molar refractivity (Wildman–Crippen MR) is 142 cm³/mol. The maximum absolute atomic E-state index is 15.8. The molecule has 0 radical (unpaired) electrons. The number of fused-ring (bicyclic) bond motifs is 3. The topological polar surface area (TPSA) is 43.5 Å². The fourth-order valence-electron chi connectivity index (χ4n) is 5.88. The number of nitrogens with zero attached hydrogens (tertiary/aromatic N) is 2. The number of alkyl halides is 1. The lowest BCUT2D eigenvalue weighted by molar-refractivity contribution is 0.155. The zero-order chi connectivity index (χ0) is 26.1. The average molecular weight is 513 g/mol. The molecule has 37 heavy (non-hydrogen) atoms. The molecule has 0 aliphatic carbocycles. The van der Waals surface area contributed by atoms with Gasteiger partial charge in [-0.25, -0.2) is 8.78 Å². The van der Waals surface area contributed by atoms with E-state index in [-0.39, 0.29) is 24.3 Å². The molecule has 2 aliphatic rings. The molecule has 2 aromatic carbocycles. The molecule has 2 atom stereocenters. The fourth-order valence-corrected chi connectivity index (χ4v) is 5.88. The van der Waals surface area contributed by atoms with Crippen LogP contribution in [0.5, 0.6) is 0 Å². The van der Waals surface area contributed by atoms with E-state index in [0.717, 1.165) is 47.4 Å². The molecule has 2 N–H and O–H groups in total. The highest BCUT2D eigenvalue weighted by Crippen LogP contribution is 2.44. The molecule has 0 bridgehead atoms. The number of anilines is 1. The van der Waals surface area contributed by atoms with Crippen LogP contribution in [0.2, 0.25) is 0 Å². The summed E-state index contributed by atoms with van der Waals surface area (Å²) in [7, 11) is 1.63. The van der Waals surface area contributed by atoms with Crippen LogP contribution in [0, 0.1) is 11.6 Å². The second-order valence-electron chi connectivity index (χ2n) is 10.2. The summed E-state index contributed by atoms with van der Waals surface area (Å²) in [4.78, 5) is 7.64. The SMILES string of the molecule is C=C(CCOC)N1[C@@H](c2c(F)cc(NC3CN(CCCF)C3)cc2F)c2[nH]c3ccccc3c2C[C@@H]1C. The van der Waals surface area contributed by atoms with Crippen molar-refractivity contribution < 1.29 is 17.9 Å². The number of aromatic nitrogens is 1. The Labute approximate surface area is 216 Å². The van der Waals surface area contributed by atoms with Gasteiger partial charge in [0.05, 0.1) is 24.9 Å². The summed E-state index contributed by atoms with van der Waals surface area (Å²) in [5, 5.41) is 4.32. The van der Waals surface area contributed by atoms with Gasteiger partial charge in [-0.15, -0.1) is 0 Å². The van der Waals surface area contributed by atoms with Crippen LogP contribution in [0.4, 0.5) is 18.9 Å². The van der Waals surface area contributed by atoms with E-state index in [0.29, 0.717) is 31.7 Å². The number of halogens is 3. The minimum Gasteiger partial charge on any atom is -0.384 e. The third kappa shape index (κ3) is 4.97. The van der Waals surface area contributed by atoms with Gasteiger partial charge in [0.1, 0.15) is 17.7 Å². The second kappa shape index (κ2) is 10.8. The smallest absolute Gasteiger partial charge is 0.133 e. The Hall–Kier alpha value is -2.97. The first-order valence-electron chi connectivity index (χ1n) is 13.0. The molecule has 5 rings (SSSR count). The molecule has 2 aliphatic heterocycles. The molecule has 1 saturated heterocycles. The monoisotopic (exact) mass is 512 g/mol. The molecular formula is C29H35F3N4O. The third-order valence-electron chi connectivity index (χ3n) is 7.62. The normalized spacial score (nSPS) is 20.2. The van der Waals surface area contributed by atoms with Crippen LogP contribution < -0.4 is 5.32 Å². The van der Waals surface area contributed by atoms with E-state index in [1.165, 1.54) is 12.1 Å². The maximum Gasteiger partial charge on any atom is 0.133 e. The van der Waals surface area contributed by atoms with Crippen LogP contribution in [0.15, 0.2) is 48.7 Å². The van der Waals surface area contributed by atoms with Crippen LogP contribution in [0.3, 0.4) is 0 Å². The van der Waals surface area contributed by atoms with Crippen LogP contribution in [0.1, 0.15) is 42.6 Å². The third-order valence-corrected chi connectivity index (χ3v) is 7.62. The van der Waals surface area contributed by atoms with Crippen LogP contribution >= 0.6 is 0 Å². The van der Waals surface area contributed by atoms with Crippen LogP contribution in [-0.2, 0) is 11.2 Å². The molecule has 5 nitrogen and oxygen atoms in total. The van der Waals surface area contributed by atoms with Gasteiger partial charge in [0.15, 0.2) is 0 Å². The molecule has 0 saturated carbocycles. The van der Waals surface area contributed by atoms with Crippen molar-refractivity contribution in [2.45, 2.75) is 44.3 Å². The highest BCUT2D eigenvalue weighted by atomic mass is 19.1. The highest BCUT2D eigenvalue weighted by molar-refractivity contribution is 5.85. The van der Waals surface area contributed by atoms with E-state index >= 15 is 8.78 Å². The Kier molecular flexibility index (Phi) is 7.49. The van der Waals surface area contributed by atoms with E-state index in [4.69, 9.17) is 4.74 Å². The molecule has 0 amide bonds. The summed E-state index contributed by atoms with van der Waals surface area (Å²) in [6.45, 7) is 8.66. The van der Waals surface area contributed by atoms with Crippen molar-refractivity contribution in [3.63, 3.8) is 0 Å². The largest absolute Gasteiger partial charge is 0.384 e. The predicted octanol–water partition coefficient (Wildman–Crippen LogP) is 5.79. The Bertz CT molecular complexity index is 1250. The van der Waals surface area contributed by atoms with Gasteiger partial charge in [0, 0.05) is 67.2 Å². The summed E-state index contributed by atoms with van der Waals surface area (Å²) < 4.78 is 49.4. The van der Waals surface area contributed by atoms with Crippen LogP contribution in [-0.4, -0.2) is 66.9 Å². The van der Waals surface area contributed by atoms with E-state index in [9.17, 15) is 4.39 Å². The van der Waals surface area contributed by atoms with Crippen molar-refractivity contribution in [1.29, 1.82) is 0 Å². The van der Waals surface area contributed by atoms with Crippen molar-refractivity contribution in [2.75, 3.05) is 45.3 Å². The molecule has 1 aromatic heterocycles. The molecule has 0 unspecified atom stereocenters. The lowest BCUT2D eigenvalue weighted by Crippen LogP contribution is -2.54. The number of likely N-dealkylation sites (tertiary alicyclic amines) is 1. The van der Waals surface area contributed by atoms with Gasteiger partial charge in [-0.2, -0.15) is 0 Å². The molecule has 3 heterocycles. The maximum atomic E-state index is 15.8. The summed E-state index contributed by atoms with van der Waals surface area (Å²) in [5.74, 6) is -1.19. The first-order valence-corrected chi connectivity index (χ1v) is 13.0. The lowest BCUT2D eigenvalue weighted by Gasteiger charge is -2.44. The van der Waals surface area contributed by atoms with Gasteiger partial charge in [-0.1, -0.05) is 24.8 Å². The average Bonchev–Trinajstić information content (AvgIpc) is 3.21. The van der Waals surface area contributed by atoms with E-state index in [2.05, 4.69) is 34.8 Å². The Morgan fingerprint density at radius 1 is 1.19 bits per heavy atom. The van der Waals surface area contributed by atoms with Crippen molar-refractivity contribution >= 4 is 16.6 Å². The van der Waals surface area contributed by atoms with Gasteiger partial charge < -0.3 is 19.9 Å². The minimum absolute atomic E-state index is 0.0112. The van der Waals surface area contributed by atoms with E-state index < -0.39 is 17.7 Å². The van der Waals surface area contributed by atoms with Gasteiger partial charge in [0.25, 0.3) is 0 Å². The quantitative estimate of drug-likeness (QED) is 0.361. The zero-order valence-electron chi connectivity index (χ0n) is 21.5. The minimum atomic E-state index is -0.676. The molecule has 8 heteroatoms. The number of benzene rings is 2. The van der Waals surface area contributed by atoms with E-state index in [1.54, 1.807) is 7.11 Å². The number of rotatable bonds is 10. The molecule has 198 valence electrons. The van der Waals surface area contributed by atoms with Crippen molar-refractivity contribution in [1.82, 2.24) is 14.8 Å². The fraction of sp³-hybridized carbons (Fsp3) is 0.448. The number of ether oxygens (including phenoxy) is 1. The lowest BCUT2D eigenvalue weighted by atomic mass is 9.87. The number of H-pyrrole nitrogens is 1. The molecule has 0 spiro atoms. The highest BCUT2D eigenvalue weighted by Gasteiger charge is 2.39. The van der Waals surface area contributed by atoms with E-state index in [1.807, 2.05) is 23.1 Å². The number of methoxy groups -OCH3 is 1. The van der Waals surface area contributed by atoms with Crippen molar-refractivity contribution in [3.8, 4) is 0 Å². The first-order chi connectivity index (χ1) is 17.9. The second-order valence-corrected chi connectivity index (χ2v) is 10.2. The number of para-hydroxylation sites is 1. The Morgan fingerprint density at radius 3 is 2.62 bits per heavy atom. The van der Waals surface area contributed by atoms with Gasteiger partial charge in [0.2, 0.25) is 0 Å². The summed E-state index contributed by atoms with van der Waals surface area (Å²) in [5.41, 5.74) is 4.07. The first kappa shape index (κ1) is 25.7. The van der Waals surface area contributed by atoms with Crippen LogP contribution in [0.25, 0.3) is 10.9 Å². The number of aromatic amines is 1. The molecule has 1 fully saturated rings. The summed E-state index contributed by atoms with van der Waals surface area (Å²) >= 11 is 0. The van der Waals surface area contributed by atoms with Gasteiger partial charge in [-0.05, 0) is 43.5 Å². The molecular weight excluding hydrogens is 477 g/mol. The number of hydrogen-bond donors (Lipinski definition) is 2. The Morgan fingerprint density at radius 2 is 1.92 bits per heavy atom. The zero-order valence-corrected chi connectivity index (χ0v) is 21.5. The number of nitrogens with one attached hydrogen (secondary N) is 2.